The summed E-state index contributed by atoms with van der Waals surface area (Å²) in [7, 11) is 1.63. The molecule has 2 N–H and O–H groups in total. The summed E-state index contributed by atoms with van der Waals surface area (Å²) in [6.45, 7) is 0. The Balaban J connectivity index is 2.00. The fourth-order valence-electron chi connectivity index (χ4n) is 2.02. The minimum Gasteiger partial charge on any atom is -0.497 e. The van der Waals surface area contributed by atoms with Crippen LogP contribution in [0.1, 0.15) is 0 Å². The fraction of sp³-hybridized carbons (Fsp3) is 0.0667. The normalized spacial score (nSPS) is 10.6. The van der Waals surface area contributed by atoms with Gasteiger partial charge in [-0.25, -0.2) is 0 Å². The number of ether oxygens (including phenoxy) is 1. The molecular formula is C15H13ClN4O. The first kappa shape index (κ1) is 13.5. The molecule has 0 saturated heterocycles. The summed E-state index contributed by atoms with van der Waals surface area (Å²) in [6, 6.07) is 14.7. The molecule has 0 atom stereocenters. The molecule has 0 bridgehead atoms. The van der Waals surface area contributed by atoms with Crippen molar-refractivity contribution < 1.29 is 4.74 Å². The average molecular weight is 301 g/mol. The van der Waals surface area contributed by atoms with Gasteiger partial charge >= 0.3 is 0 Å². The van der Waals surface area contributed by atoms with Crippen LogP contribution in [0.2, 0.25) is 5.02 Å². The quantitative estimate of drug-likeness (QED) is 0.807. The summed E-state index contributed by atoms with van der Waals surface area (Å²) in [5, 5.41) is 8.92. The number of aromatic nitrogens is 3. The van der Waals surface area contributed by atoms with Gasteiger partial charge in [-0.1, -0.05) is 16.8 Å². The summed E-state index contributed by atoms with van der Waals surface area (Å²) in [5.41, 5.74) is 8.47. The van der Waals surface area contributed by atoms with E-state index in [9.17, 15) is 0 Å². The molecule has 3 rings (SSSR count). The highest BCUT2D eigenvalue weighted by Crippen LogP contribution is 2.27. The highest BCUT2D eigenvalue weighted by molar-refractivity contribution is 6.30. The summed E-state index contributed by atoms with van der Waals surface area (Å²) in [5.74, 6) is 1.25. The molecule has 0 unspecified atom stereocenters. The number of nitrogens with zero attached hydrogens (tertiary/aromatic N) is 3. The number of nitrogen functional groups attached to an aromatic ring is 1. The van der Waals surface area contributed by atoms with Crippen LogP contribution >= 0.6 is 11.6 Å². The SMILES string of the molecule is COc1ccc(-c2nnn(-c3ccc(Cl)cc3)c2N)cc1. The van der Waals surface area contributed by atoms with Gasteiger partial charge in [0.15, 0.2) is 5.82 Å². The Morgan fingerprint density at radius 1 is 1.05 bits per heavy atom. The standard InChI is InChI=1S/C15H13ClN4O/c1-21-13-8-2-10(3-9-13)14-15(17)20(19-18-14)12-6-4-11(16)5-7-12/h2-9H,17H2,1H3. The third-order valence-electron chi connectivity index (χ3n) is 3.14. The molecule has 3 aromatic rings. The van der Waals surface area contributed by atoms with Crippen molar-refractivity contribution in [3.63, 3.8) is 0 Å². The van der Waals surface area contributed by atoms with Gasteiger partial charge < -0.3 is 10.5 Å². The molecule has 106 valence electrons. The number of nitrogens with two attached hydrogens (primary N) is 1. The smallest absolute Gasteiger partial charge is 0.155 e. The van der Waals surface area contributed by atoms with E-state index in [0.29, 0.717) is 16.5 Å². The first-order valence-corrected chi connectivity index (χ1v) is 6.68. The van der Waals surface area contributed by atoms with Crippen LogP contribution in [0.5, 0.6) is 5.75 Å². The molecule has 0 aliphatic heterocycles. The number of benzene rings is 2. The van der Waals surface area contributed by atoms with E-state index in [1.807, 2.05) is 36.4 Å². The molecule has 0 aliphatic rings. The van der Waals surface area contributed by atoms with Crippen LogP contribution in [0.4, 0.5) is 5.82 Å². The zero-order valence-corrected chi connectivity index (χ0v) is 12.1. The topological polar surface area (TPSA) is 66.0 Å². The van der Waals surface area contributed by atoms with Crippen molar-refractivity contribution in [1.29, 1.82) is 0 Å². The van der Waals surface area contributed by atoms with Crippen molar-refractivity contribution in [3.8, 4) is 22.7 Å². The van der Waals surface area contributed by atoms with Gasteiger partial charge in [-0.05, 0) is 48.5 Å². The molecule has 0 amide bonds. The molecule has 0 spiro atoms. The predicted molar refractivity (Wildman–Crippen MR) is 82.8 cm³/mol. The number of halogens is 1. The molecule has 0 aliphatic carbocycles. The Bertz CT molecular complexity index is 750. The molecule has 0 saturated carbocycles. The second kappa shape index (κ2) is 5.46. The van der Waals surface area contributed by atoms with Gasteiger partial charge in [-0.15, -0.1) is 5.10 Å². The lowest BCUT2D eigenvalue weighted by Gasteiger charge is -2.04. The summed E-state index contributed by atoms with van der Waals surface area (Å²) in [4.78, 5) is 0. The van der Waals surface area contributed by atoms with Gasteiger partial charge in [-0.3, -0.25) is 0 Å². The molecular weight excluding hydrogens is 288 g/mol. The zero-order valence-electron chi connectivity index (χ0n) is 11.3. The third kappa shape index (κ3) is 2.55. The van der Waals surface area contributed by atoms with Crippen molar-refractivity contribution in [2.45, 2.75) is 0 Å². The largest absolute Gasteiger partial charge is 0.497 e. The van der Waals surface area contributed by atoms with Gasteiger partial charge in [0.05, 0.1) is 12.8 Å². The Hall–Kier alpha value is -2.53. The average Bonchev–Trinajstić information content (AvgIpc) is 2.90. The lowest BCUT2D eigenvalue weighted by atomic mass is 10.1. The Morgan fingerprint density at radius 3 is 2.33 bits per heavy atom. The highest BCUT2D eigenvalue weighted by Gasteiger charge is 2.13. The van der Waals surface area contributed by atoms with Gasteiger partial charge in [0.1, 0.15) is 11.4 Å². The zero-order chi connectivity index (χ0) is 14.8. The second-order valence-corrected chi connectivity index (χ2v) is 4.88. The van der Waals surface area contributed by atoms with Crippen molar-refractivity contribution in [3.05, 3.63) is 53.6 Å². The number of methoxy groups -OCH3 is 1. The Labute approximate surface area is 126 Å². The lowest BCUT2D eigenvalue weighted by molar-refractivity contribution is 0.415. The predicted octanol–water partition coefficient (Wildman–Crippen LogP) is 3.18. The number of hydrogen-bond acceptors (Lipinski definition) is 4. The van der Waals surface area contributed by atoms with E-state index < -0.39 is 0 Å². The maximum atomic E-state index is 6.15. The maximum absolute atomic E-state index is 6.15. The van der Waals surface area contributed by atoms with E-state index in [-0.39, 0.29) is 0 Å². The summed E-state index contributed by atoms with van der Waals surface area (Å²) >= 11 is 5.88. The molecule has 0 radical (unpaired) electrons. The van der Waals surface area contributed by atoms with Crippen LogP contribution in [0.15, 0.2) is 48.5 Å². The van der Waals surface area contributed by atoms with Crippen LogP contribution in [-0.4, -0.2) is 22.1 Å². The van der Waals surface area contributed by atoms with Crippen molar-refractivity contribution >= 4 is 17.4 Å². The monoisotopic (exact) mass is 300 g/mol. The van der Waals surface area contributed by atoms with Gasteiger partial charge in [0, 0.05) is 10.6 Å². The van der Waals surface area contributed by atoms with E-state index in [4.69, 9.17) is 22.1 Å². The second-order valence-electron chi connectivity index (χ2n) is 4.44. The molecule has 1 aromatic heterocycles. The highest BCUT2D eigenvalue weighted by atomic mass is 35.5. The minimum atomic E-state index is 0.475. The lowest BCUT2D eigenvalue weighted by Crippen LogP contribution is -2.02. The van der Waals surface area contributed by atoms with E-state index in [2.05, 4.69) is 10.3 Å². The van der Waals surface area contributed by atoms with Gasteiger partial charge in [0.2, 0.25) is 0 Å². The van der Waals surface area contributed by atoms with Crippen LogP contribution < -0.4 is 10.5 Å². The molecule has 2 aromatic carbocycles. The van der Waals surface area contributed by atoms with Crippen LogP contribution in [0.25, 0.3) is 16.9 Å². The minimum absolute atomic E-state index is 0.475. The molecule has 0 fully saturated rings. The van der Waals surface area contributed by atoms with Gasteiger partial charge in [-0.2, -0.15) is 4.68 Å². The van der Waals surface area contributed by atoms with E-state index >= 15 is 0 Å². The molecule has 6 heteroatoms. The van der Waals surface area contributed by atoms with Gasteiger partial charge in [0.25, 0.3) is 0 Å². The third-order valence-corrected chi connectivity index (χ3v) is 3.39. The van der Waals surface area contributed by atoms with E-state index in [1.165, 1.54) is 0 Å². The summed E-state index contributed by atoms with van der Waals surface area (Å²) < 4.78 is 6.72. The Kier molecular flexibility index (Phi) is 3.50. The van der Waals surface area contributed by atoms with Crippen LogP contribution in [0, 0.1) is 0 Å². The molecule has 21 heavy (non-hydrogen) atoms. The number of anilines is 1. The molecule has 1 heterocycles. The number of rotatable bonds is 3. The van der Waals surface area contributed by atoms with E-state index in [0.717, 1.165) is 17.0 Å². The maximum Gasteiger partial charge on any atom is 0.155 e. The van der Waals surface area contributed by atoms with E-state index in [1.54, 1.807) is 23.9 Å². The summed E-state index contributed by atoms with van der Waals surface area (Å²) in [6.07, 6.45) is 0. The van der Waals surface area contributed by atoms with Crippen molar-refractivity contribution in [2.75, 3.05) is 12.8 Å². The number of hydrogen-bond donors (Lipinski definition) is 1. The Morgan fingerprint density at radius 2 is 1.71 bits per heavy atom. The molecule has 5 nitrogen and oxygen atoms in total. The van der Waals surface area contributed by atoms with Crippen molar-refractivity contribution in [2.24, 2.45) is 0 Å². The van der Waals surface area contributed by atoms with Crippen LogP contribution in [-0.2, 0) is 0 Å². The fourth-order valence-corrected chi connectivity index (χ4v) is 2.14. The van der Waals surface area contributed by atoms with Crippen LogP contribution in [0.3, 0.4) is 0 Å². The first-order valence-electron chi connectivity index (χ1n) is 6.30. The van der Waals surface area contributed by atoms with Crippen molar-refractivity contribution in [1.82, 2.24) is 15.0 Å². The first-order chi connectivity index (χ1) is 10.2.